The Kier molecular flexibility index (Phi) is 4.77. The number of pyridine rings is 1. The third-order valence-electron chi connectivity index (χ3n) is 4.58. The minimum Gasteiger partial charge on any atom is -0.488 e. The molecular formula is C20H23N3O3. The summed E-state index contributed by atoms with van der Waals surface area (Å²) >= 11 is 0. The largest absolute Gasteiger partial charge is 0.488 e. The summed E-state index contributed by atoms with van der Waals surface area (Å²) in [7, 11) is 0. The van der Waals surface area contributed by atoms with Crippen LogP contribution in [-0.2, 0) is 0 Å². The first-order valence-electron chi connectivity index (χ1n) is 8.96. The van der Waals surface area contributed by atoms with Crippen molar-refractivity contribution in [2.24, 2.45) is 0 Å². The number of ether oxygens (including phenoxy) is 1. The van der Waals surface area contributed by atoms with Crippen LogP contribution in [0, 0.1) is 0 Å². The van der Waals surface area contributed by atoms with Gasteiger partial charge in [-0.05, 0) is 43.3 Å². The normalized spacial score (nSPS) is 16.0. The number of hydrogen-bond acceptors (Lipinski definition) is 6. The maximum atomic E-state index is 9.11. The zero-order chi connectivity index (χ0) is 17.9. The topological polar surface area (TPSA) is 70.8 Å². The molecule has 2 aromatic heterocycles. The second kappa shape index (κ2) is 7.35. The Labute approximate surface area is 152 Å². The fraction of sp³-hybridized carbons (Fsp3) is 0.350. The van der Waals surface area contributed by atoms with Gasteiger partial charge < -0.3 is 24.5 Å². The van der Waals surface area contributed by atoms with Crippen molar-refractivity contribution >= 4 is 16.8 Å². The van der Waals surface area contributed by atoms with Crippen LogP contribution in [0.15, 0.2) is 47.1 Å². The molecule has 1 atom stereocenters. The van der Waals surface area contributed by atoms with Crippen LogP contribution in [0.1, 0.15) is 6.92 Å². The second-order valence-corrected chi connectivity index (χ2v) is 6.54. The molecule has 1 saturated heterocycles. The fourth-order valence-electron chi connectivity index (χ4n) is 3.17. The molecule has 0 bridgehead atoms. The Morgan fingerprint density at radius 3 is 2.73 bits per heavy atom. The molecule has 1 aromatic carbocycles. The lowest BCUT2D eigenvalue weighted by atomic mass is 10.1. The van der Waals surface area contributed by atoms with E-state index in [1.54, 1.807) is 6.26 Å². The van der Waals surface area contributed by atoms with Crippen LogP contribution >= 0.6 is 0 Å². The summed E-state index contributed by atoms with van der Waals surface area (Å²) in [6.45, 7) is 5.55. The molecule has 0 amide bonds. The number of nitrogens with one attached hydrogen (secondary N) is 1. The molecule has 3 heterocycles. The van der Waals surface area contributed by atoms with Gasteiger partial charge in [-0.3, -0.25) is 0 Å². The van der Waals surface area contributed by atoms with Gasteiger partial charge in [0, 0.05) is 37.1 Å². The summed E-state index contributed by atoms with van der Waals surface area (Å²) in [6, 6.07) is 11.8. The molecule has 0 aliphatic carbocycles. The zero-order valence-electron chi connectivity index (χ0n) is 14.8. The predicted octanol–water partition coefficient (Wildman–Crippen LogP) is 2.66. The van der Waals surface area contributed by atoms with Crippen molar-refractivity contribution in [3.8, 4) is 17.0 Å². The van der Waals surface area contributed by atoms with E-state index in [1.165, 1.54) is 0 Å². The summed E-state index contributed by atoms with van der Waals surface area (Å²) < 4.78 is 11.3. The maximum absolute atomic E-state index is 9.11. The van der Waals surface area contributed by atoms with Crippen LogP contribution in [0.4, 0.5) is 5.82 Å². The number of anilines is 1. The van der Waals surface area contributed by atoms with Crippen molar-refractivity contribution in [2.45, 2.75) is 13.0 Å². The molecule has 3 aromatic rings. The third-order valence-corrected chi connectivity index (χ3v) is 4.58. The number of benzene rings is 1. The van der Waals surface area contributed by atoms with Crippen molar-refractivity contribution in [1.82, 2.24) is 10.3 Å². The second-order valence-electron chi connectivity index (χ2n) is 6.54. The van der Waals surface area contributed by atoms with E-state index in [2.05, 4.69) is 16.3 Å². The highest BCUT2D eigenvalue weighted by Gasteiger charge is 2.18. The van der Waals surface area contributed by atoms with Gasteiger partial charge in [-0.15, -0.1) is 0 Å². The highest BCUT2D eigenvalue weighted by atomic mass is 16.5. The monoisotopic (exact) mass is 353 g/mol. The van der Waals surface area contributed by atoms with E-state index in [4.69, 9.17) is 19.2 Å². The van der Waals surface area contributed by atoms with Crippen molar-refractivity contribution in [3.63, 3.8) is 0 Å². The number of aliphatic hydroxyl groups is 1. The number of furan rings is 1. The van der Waals surface area contributed by atoms with Gasteiger partial charge in [-0.1, -0.05) is 0 Å². The SMILES string of the molecule is C[C@@H](CO)Oc1ccc(-c2cc3ccoc3c(N3CCNCC3)n2)cc1. The van der Waals surface area contributed by atoms with Gasteiger partial charge >= 0.3 is 0 Å². The lowest BCUT2D eigenvalue weighted by Gasteiger charge is -2.28. The molecule has 0 unspecified atom stereocenters. The molecule has 1 aliphatic rings. The molecule has 6 heteroatoms. The average Bonchev–Trinajstić information content (AvgIpc) is 3.17. The van der Waals surface area contributed by atoms with Crippen molar-refractivity contribution in [3.05, 3.63) is 42.7 Å². The van der Waals surface area contributed by atoms with Gasteiger partial charge in [0.1, 0.15) is 11.9 Å². The fourth-order valence-corrected chi connectivity index (χ4v) is 3.17. The number of hydrogen-bond donors (Lipinski definition) is 2. The van der Waals surface area contributed by atoms with Gasteiger partial charge in [0.25, 0.3) is 0 Å². The molecule has 1 aliphatic heterocycles. The van der Waals surface area contributed by atoms with Gasteiger partial charge in [0.15, 0.2) is 11.4 Å². The molecule has 136 valence electrons. The van der Waals surface area contributed by atoms with Crippen molar-refractivity contribution in [2.75, 3.05) is 37.7 Å². The lowest BCUT2D eigenvalue weighted by Crippen LogP contribution is -2.44. The summed E-state index contributed by atoms with van der Waals surface area (Å²) in [5.41, 5.74) is 2.77. The van der Waals surface area contributed by atoms with E-state index < -0.39 is 0 Å². The smallest absolute Gasteiger partial charge is 0.176 e. The average molecular weight is 353 g/mol. The molecule has 26 heavy (non-hydrogen) atoms. The maximum Gasteiger partial charge on any atom is 0.176 e. The molecule has 4 rings (SSSR count). The van der Waals surface area contributed by atoms with E-state index >= 15 is 0 Å². The third kappa shape index (κ3) is 3.38. The van der Waals surface area contributed by atoms with Crippen LogP contribution in [0.5, 0.6) is 5.75 Å². The lowest BCUT2D eigenvalue weighted by molar-refractivity contribution is 0.130. The van der Waals surface area contributed by atoms with Crippen LogP contribution in [-0.4, -0.2) is 49.0 Å². The Morgan fingerprint density at radius 2 is 2.00 bits per heavy atom. The van der Waals surface area contributed by atoms with Crippen molar-refractivity contribution in [1.29, 1.82) is 0 Å². The first kappa shape index (κ1) is 16.9. The quantitative estimate of drug-likeness (QED) is 0.735. The van der Waals surface area contributed by atoms with Gasteiger partial charge in [0.2, 0.25) is 0 Å². The highest BCUT2D eigenvalue weighted by molar-refractivity contribution is 5.90. The Hall–Kier alpha value is -2.57. The van der Waals surface area contributed by atoms with Crippen LogP contribution in [0.3, 0.4) is 0 Å². The molecule has 0 spiro atoms. The first-order chi connectivity index (χ1) is 12.7. The van der Waals surface area contributed by atoms with Gasteiger partial charge in [0.05, 0.1) is 18.6 Å². The number of nitrogens with zero attached hydrogens (tertiary/aromatic N) is 2. The molecule has 0 radical (unpaired) electrons. The van der Waals surface area contributed by atoms with E-state index in [-0.39, 0.29) is 12.7 Å². The van der Waals surface area contributed by atoms with Gasteiger partial charge in [-0.25, -0.2) is 4.98 Å². The van der Waals surface area contributed by atoms with E-state index in [0.29, 0.717) is 0 Å². The molecule has 0 saturated carbocycles. The van der Waals surface area contributed by atoms with Crippen LogP contribution < -0.4 is 15.0 Å². The number of rotatable bonds is 5. The number of aliphatic hydroxyl groups excluding tert-OH is 1. The van der Waals surface area contributed by atoms with Gasteiger partial charge in [-0.2, -0.15) is 0 Å². The Morgan fingerprint density at radius 1 is 1.23 bits per heavy atom. The minimum atomic E-state index is -0.222. The standard InChI is InChI=1S/C20H23N3O3/c1-14(13-24)26-17-4-2-15(3-5-17)18-12-16-6-11-25-19(16)20(22-18)23-9-7-21-8-10-23/h2-6,11-12,14,21,24H,7-10,13H2,1H3/t14-/m0/s1. The highest BCUT2D eigenvalue weighted by Crippen LogP contribution is 2.31. The predicted molar refractivity (Wildman–Crippen MR) is 102 cm³/mol. The van der Waals surface area contributed by atoms with Crippen LogP contribution in [0.25, 0.3) is 22.2 Å². The first-order valence-corrected chi connectivity index (χ1v) is 8.96. The summed E-state index contributed by atoms with van der Waals surface area (Å²) in [4.78, 5) is 7.17. The molecule has 1 fully saturated rings. The summed E-state index contributed by atoms with van der Waals surface area (Å²) in [6.07, 6.45) is 1.50. The van der Waals surface area contributed by atoms with Crippen LogP contribution in [0.2, 0.25) is 0 Å². The van der Waals surface area contributed by atoms with Crippen molar-refractivity contribution < 1.29 is 14.3 Å². The molecular weight excluding hydrogens is 330 g/mol. The van der Waals surface area contributed by atoms with E-state index in [9.17, 15) is 0 Å². The molecule has 6 nitrogen and oxygen atoms in total. The Bertz CT molecular complexity index is 870. The summed E-state index contributed by atoms with van der Waals surface area (Å²) in [5, 5.41) is 13.5. The minimum absolute atomic E-state index is 0.00544. The molecule has 2 N–H and O–H groups in total. The number of aromatic nitrogens is 1. The summed E-state index contributed by atoms with van der Waals surface area (Å²) in [5.74, 6) is 1.64. The number of fused-ring (bicyclic) bond motifs is 1. The Balaban J connectivity index is 1.68. The van der Waals surface area contributed by atoms with E-state index in [0.717, 1.165) is 60.0 Å². The zero-order valence-corrected chi connectivity index (χ0v) is 14.8. The van der Waals surface area contributed by atoms with E-state index in [1.807, 2.05) is 37.3 Å². The number of piperazine rings is 1.